The molecule has 2 heteroatoms. The zero-order valence-corrected chi connectivity index (χ0v) is 19.5. The molecule has 2 heterocycles. The van der Waals surface area contributed by atoms with Crippen molar-refractivity contribution in [3.63, 3.8) is 0 Å². The van der Waals surface area contributed by atoms with Gasteiger partial charge in [0.15, 0.2) is 0 Å². The molecule has 8 rings (SSSR count). The van der Waals surface area contributed by atoms with Crippen LogP contribution in [-0.2, 0) is 0 Å². The molecule has 0 aliphatic rings. The molecule has 2 N–H and O–H groups in total. The predicted molar refractivity (Wildman–Crippen MR) is 154 cm³/mol. The minimum absolute atomic E-state index is 1.16. The zero-order chi connectivity index (χ0) is 23.6. The number of aromatic nitrogens is 2. The van der Waals surface area contributed by atoms with Crippen LogP contribution in [0.1, 0.15) is 0 Å². The van der Waals surface area contributed by atoms with E-state index in [0.717, 1.165) is 11.0 Å². The van der Waals surface area contributed by atoms with Crippen molar-refractivity contribution in [3.8, 4) is 22.3 Å². The van der Waals surface area contributed by atoms with E-state index in [2.05, 4.69) is 131 Å². The molecule has 0 fully saturated rings. The second-order valence-corrected chi connectivity index (χ2v) is 9.51. The number of hydrogen-bond acceptors (Lipinski definition) is 0. The number of hydrogen-bond donors (Lipinski definition) is 2. The number of aromatic amines is 2. The van der Waals surface area contributed by atoms with E-state index in [1.165, 1.54) is 65.6 Å². The normalized spacial score (nSPS) is 11.9. The summed E-state index contributed by atoms with van der Waals surface area (Å²) in [5.74, 6) is 0. The molecule has 0 bridgehead atoms. The lowest BCUT2D eigenvalue weighted by Crippen LogP contribution is -1.90. The van der Waals surface area contributed by atoms with Gasteiger partial charge in [-0.05, 0) is 34.0 Å². The average molecular weight is 459 g/mol. The van der Waals surface area contributed by atoms with Gasteiger partial charge in [-0.15, -0.1) is 0 Å². The third-order valence-corrected chi connectivity index (χ3v) is 7.57. The van der Waals surface area contributed by atoms with Crippen LogP contribution in [0.5, 0.6) is 0 Å². The van der Waals surface area contributed by atoms with Crippen molar-refractivity contribution in [1.29, 1.82) is 0 Å². The van der Waals surface area contributed by atoms with E-state index >= 15 is 0 Å². The Balaban J connectivity index is 1.57. The van der Waals surface area contributed by atoms with Gasteiger partial charge in [0.05, 0.1) is 11.0 Å². The van der Waals surface area contributed by atoms with Crippen molar-refractivity contribution in [2.24, 2.45) is 0 Å². The van der Waals surface area contributed by atoms with Crippen LogP contribution < -0.4 is 0 Å². The fraction of sp³-hybridized carbons (Fsp3) is 0. The summed E-state index contributed by atoms with van der Waals surface area (Å²) in [6.07, 6.45) is 0. The molecule has 0 unspecified atom stereocenters. The number of benzene rings is 6. The van der Waals surface area contributed by atoms with Crippen molar-refractivity contribution in [1.82, 2.24) is 9.97 Å². The first-order chi connectivity index (χ1) is 17.9. The molecule has 0 spiro atoms. The molecule has 36 heavy (non-hydrogen) atoms. The van der Waals surface area contributed by atoms with Gasteiger partial charge in [-0.3, -0.25) is 0 Å². The van der Waals surface area contributed by atoms with Crippen molar-refractivity contribution < 1.29 is 0 Å². The summed E-state index contributed by atoms with van der Waals surface area (Å²) in [6.45, 7) is 0. The minimum Gasteiger partial charge on any atom is -0.354 e. The molecule has 8 aromatic rings. The molecule has 0 saturated carbocycles. The van der Waals surface area contributed by atoms with Crippen molar-refractivity contribution in [3.05, 3.63) is 121 Å². The molecule has 0 radical (unpaired) electrons. The van der Waals surface area contributed by atoms with Gasteiger partial charge in [-0.25, -0.2) is 0 Å². The lowest BCUT2D eigenvalue weighted by atomic mass is 9.89. The monoisotopic (exact) mass is 458 g/mol. The summed E-state index contributed by atoms with van der Waals surface area (Å²) in [5.41, 5.74) is 9.59. The largest absolute Gasteiger partial charge is 0.354 e. The van der Waals surface area contributed by atoms with Crippen molar-refractivity contribution in [2.75, 3.05) is 0 Å². The number of H-pyrrole nitrogens is 2. The van der Waals surface area contributed by atoms with Crippen molar-refractivity contribution in [2.45, 2.75) is 0 Å². The Labute approximate surface area is 207 Å². The van der Waals surface area contributed by atoms with E-state index < -0.39 is 0 Å². The smallest absolute Gasteiger partial charge is 0.0551 e. The molecule has 2 nitrogen and oxygen atoms in total. The SMILES string of the molecule is c1ccc2c(-c3ccc4c([nH]c5ccccc54)c3-c3cccc4c3[nH]c3ccccc34)cccc2c1. The number of nitrogens with one attached hydrogen (secondary N) is 2. The molecule has 168 valence electrons. The molecule has 0 saturated heterocycles. The second-order valence-electron chi connectivity index (χ2n) is 9.51. The van der Waals surface area contributed by atoms with Crippen LogP contribution >= 0.6 is 0 Å². The zero-order valence-electron chi connectivity index (χ0n) is 19.5. The fourth-order valence-corrected chi connectivity index (χ4v) is 5.96. The van der Waals surface area contributed by atoms with Gasteiger partial charge >= 0.3 is 0 Å². The fourth-order valence-electron chi connectivity index (χ4n) is 5.96. The highest BCUT2D eigenvalue weighted by Gasteiger charge is 2.19. The molecular formula is C34H22N2. The Morgan fingerprint density at radius 2 is 0.889 bits per heavy atom. The van der Waals surface area contributed by atoms with Gasteiger partial charge in [0.1, 0.15) is 0 Å². The highest BCUT2D eigenvalue weighted by atomic mass is 14.7. The van der Waals surface area contributed by atoms with Gasteiger partial charge in [-0.1, -0.05) is 109 Å². The molecule has 0 aliphatic carbocycles. The van der Waals surface area contributed by atoms with E-state index in [1.807, 2.05) is 0 Å². The Morgan fingerprint density at radius 3 is 1.69 bits per heavy atom. The molecular weight excluding hydrogens is 436 g/mol. The Bertz CT molecular complexity index is 2100. The summed E-state index contributed by atoms with van der Waals surface area (Å²) in [4.78, 5) is 7.53. The maximum Gasteiger partial charge on any atom is 0.0551 e. The Morgan fingerprint density at radius 1 is 0.333 bits per heavy atom. The van der Waals surface area contributed by atoms with Crippen LogP contribution in [-0.4, -0.2) is 9.97 Å². The van der Waals surface area contributed by atoms with Crippen LogP contribution in [0.3, 0.4) is 0 Å². The molecule has 2 aromatic heterocycles. The number of fused-ring (bicyclic) bond motifs is 7. The van der Waals surface area contributed by atoms with E-state index in [-0.39, 0.29) is 0 Å². The Hall–Kier alpha value is -4.82. The predicted octanol–water partition coefficient (Wildman–Crippen LogP) is 9.44. The van der Waals surface area contributed by atoms with Crippen LogP contribution in [0.25, 0.3) is 76.6 Å². The van der Waals surface area contributed by atoms with Gasteiger partial charge in [0, 0.05) is 43.7 Å². The van der Waals surface area contributed by atoms with Crippen LogP contribution in [0.4, 0.5) is 0 Å². The topological polar surface area (TPSA) is 31.6 Å². The maximum atomic E-state index is 3.79. The quantitative estimate of drug-likeness (QED) is 0.258. The molecule has 0 aliphatic heterocycles. The van der Waals surface area contributed by atoms with E-state index in [4.69, 9.17) is 0 Å². The standard InChI is InChI=1S/C34H22N2/c1-2-11-22-21(9-1)10-7-14-23(22)26-19-20-28-25-13-4-6-18-31(25)36-34(28)32(26)29-16-8-15-27-24-12-3-5-17-30(24)35-33(27)29/h1-20,35-36H. The maximum absolute atomic E-state index is 3.79. The Kier molecular flexibility index (Phi) is 3.97. The first kappa shape index (κ1) is 19.5. The lowest BCUT2D eigenvalue weighted by molar-refractivity contribution is 1.51. The van der Waals surface area contributed by atoms with E-state index in [0.29, 0.717) is 0 Å². The molecule has 0 atom stereocenters. The third-order valence-electron chi connectivity index (χ3n) is 7.57. The van der Waals surface area contributed by atoms with Gasteiger partial charge in [-0.2, -0.15) is 0 Å². The van der Waals surface area contributed by atoms with Crippen LogP contribution in [0.2, 0.25) is 0 Å². The number of para-hydroxylation sites is 3. The molecule has 0 amide bonds. The number of rotatable bonds is 2. The highest BCUT2D eigenvalue weighted by Crippen LogP contribution is 2.44. The summed E-state index contributed by atoms with van der Waals surface area (Å²) in [5, 5.41) is 7.52. The minimum atomic E-state index is 1.16. The highest BCUT2D eigenvalue weighted by molar-refractivity contribution is 6.20. The summed E-state index contributed by atoms with van der Waals surface area (Å²) >= 11 is 0. The second kappa shape index (κ2) is 7.34. The third kappa shape index (κ3) is 2.67. The van der Waals surface area contributed by atoms with E-state index in [1.54, 1.807) is 0 Å². The summed E-state index contributed by atoms with van der Waals surface area (Å²) in [7, 11) is 0. The van der Waals surface area contributed by atoms with E-state index in [9.17, 15) is 0 Å². The lowest BCUT2D eigenvalue weighted by Gasteiger charge is -2.15. The van der Waals surface area contributed by atoms with Crippen molar-refractivity contribution >= 4 is 54.4 Å². The summed E-state index contributed by atoms with van der Waals surface area (Å²) < 4.78 is 0. The van der Waals surface area contributed by atoms with Gasteiger partial charge in [0.25, 0.3) is 0 Å². The van der Waals surface area contributed by atoms with Gasteiger partial charge < -0.3 is 9.97 Å². The average Bonchev–Trinajstić information content (AvgIpc) is 3.51. The van der Waals surface area contributed by atoms with Crippen LogP contribution in [0, 0.1) is 0 Å². The first-order valence-corrected chi connectivity index (χ1v) is 12.4. The van der Waals surface area contributed by atoms with Crippen LogP contribution in [0.15, 0.2) is 121 Å². The van der Waals surface area contributed by atoms with Gasteiger partial charge in [0.2, 0.25) is 0 Å². The molecule has 6 aromatic carbocycles. The first-order valence-electron chi connectivity index (χ1n) is 12.4. The summed E-state index contributed by atoms with van der Waals surface area (Å²) in [6, 6.07) is 43.7.